The van der Waals surface area contributed by atoms with E-state index in [1.54, 1.807) is 11.8 Å². The van der Waals surface area contributed by atoms with Crippen LogP contribution < -0.4 is 5.32 Å². The first kappa shape index (κ1) is 17.6. The van der Waals surface area contributed by atoms with Gasteiger partial charge in [0.15, 0.2) is 0 Å². The number of hydrogen-bond donors (Lipinski definition) is 1. The van der Waals surface area contributed by atoms with Gasteiger partial charge < -0.3 is 5.32 Å². The monoisotopic (exact) mass is 327 g/mol. The third-order valence-electron chi connectivity index (χ3n) is 3.89. The quantitative estimate of drug-likeness (QED) is 0.735. The highest BCUT2D eigenvalue weighted by molar-refractivity contribution is 8.01. The zero-order chi connectivity index (χ0) is 16.7. The average Bonchev–Trinajstić information content (AvgIpc) is 2.56. The molecule has 0 heterocycles. The molecular weight excluding hydrogens is 302 g/mol. The van der Waals surface area contributed by atoms with Gasteiger partial charge in [-0.05, 0) is 43.9 Å². The zero-order valence-corrected chi connectivity index (χ0v) is 14.9. The lowest BCUT2D eigenvalue weighted by atomic mass is 9.98. The molecule has 23 heavy (non-hydrogen) atoms. The maximum Gasteiger partial charge on any atom is 0.236 e. The summed E-state index contributed by atoms with van der Waals surface area (Å²) in [5.74, 6) is 0.535. The minimum atomic E-state index is -0.475. The molecule has 1 N–H and O–H groups in total. The number of carbonyl (C=O) groups excluding carboxylic acids is 1. The Kier molecular flexibility index (Phi) is 6.28. The Hall–Kier alpha value is -1.74. The van der Waals surface area contributed by atoms with Gasteiger partial charge in [0.05, 0.1) is 4.75 Å². The van der Waals surface area contributed by atoms with Gasteiger partial charge in [-0.15, -0.1) is 11.8 Å². The van der Waals surface area contributed by atoms with E-state index in [9.17, 15) is 4.79 Å². The van der Waals surface area contributed by atoms with Crippen LogP contribution in [0.25, 0.3) is 0 Å². The van der Waals surface area contributed by atoms with Crippen molar-refractivity contribution in [1.82, 2.24) is 5.32 Å². The second kappa shape index (κ2) is 8.21. The maximum absolute atomic E-state index is 12.5. The number of thioether (sulfide) groups is 1. The van der Waals surface area contributed by atoms with Crippen molar-refractivity contribution < 1.29 is 4.79 Å². The summed E-state index contributed by atoms with van der Waals surface area (Å²) in [7, 11) is 0. The molecule has 0 bridgehead atoms. The van der Waals surface area contributed by atoms with Crippen LogP contribution >= 0.6 is 11.8 Å². The van der Waals surface area contributed by atoms with Crippen LogP contribution in [0.15, 0.2) is 65.6 Å². The lowest BCUT2D eigenvalue weighted by molar-refractivity contribution is -0.122. The molecule has 0 radical (unpaired) electrons. The first-order valence-corrected chi connectivity index (χ1v) is 8.88. The Bertz CT molecular complexity index is 610. The van der Waals surface area contributed by atoms with E-state index in [1.165, 1.54) is 5.56 Å². The molecular formula is C20H25NOS. The van der Waals surface area contributed by atoms with E-state index in [-0.39, 0.29) is 5.91 Å². The Morgan fingerprint density at radius 3 is 2.22 bits per heavy atom. The lowest BCUT2D eigenvalue weighted by Crippen LogP contribution is -2.40. The van der Waals surface area contributed by atoms with Crippen molar-refractivity contribution >= 4 is 17.7 Å². The van der Waals surface area contributed by atoms with E-state index >= 15 is 0 Å². The summed E-state index contributed by atoms with van der Waals surface area (Å²) in [6, 6.07) is 20.5. The minimum absolute atomic E-state index is 0.0895. The van der Waals surface area contributed by atoms with Crippen molar-refractivity contribution in [3.8, 4) is 0 Å². The van der Waals surface area contributed by atoms with Crippen molar-refractivity contribution in [2.24, 2.45) is 0 Å². The molecule has 0 aliphatic heterocycles. The summed E-state index contributed by atoms with van der Waals surface area (Å²) >= 11 is 1.60. The maximum atomic E-state index is 12.5. The third-order valence-corrected chi connectivity index (χ3v) is 5.10. The summed E-state index contributed by atoms with van der Waals surface area (Å²) in [5.41, 5.74) is 1.32. The number of nitrogens with one attached hydrogen (secondary N) is 1. The Morgan fingerprint density at radius 1 is 1.04 bits per heavy atom. The standard InChI is InChI=1S/C20H25NOS/c1-16(17-10-6-4-7-11-17)14-15-21-19(22)20(2,3)23-18-12-8-5-9-13-18/h4-13,16H,14-15H2,1-3H3,(H,21,22). The molecule has 2 rings (SSSR count). The summed E-state index contributed by atoms with van der Waals surface area (Å²) in [6.45, 7) is 6.85. The van der Waals surface area contributed by atoms with Crippen molar-refractivity contribution in [3.63, 3.8) is 0 Å². The summed E-state index contributed by atoms with van der Waals surface area (Å²) in [4.78, 5) is 13.6. The van der Waals surface area contributed by atoms with Crippen molar-refractivity contribution in [1.29, 1.82) is 0 Å². The van der Waals surface area contributed by atoms with Crippen LogP contribution in [-0.4, -0.2) is 17.2 Å². The highest BCUT2D eigenvalue weighted by Crippen LogP contribution is 2.32. The summed E-state index contributed by atoms with van der Waals surface area (Å²) < 4.78 is -0.475. The first-order valence-electron chi connectivity index (χ1n) is 8.06. The van der Waals surface area contributed by atoms with Crippen LogP contribution in [0.4, 0.5) is 0 Å². The molecule has 1 amide bonds. The second-order valence-corrected chi connectivity index (χ2v) is 7.98. The number of amides is 1. The predicted octanol–water partition coefficient (Wildman–Crippen LogP) is 4.87. The molecule has 0 aliphatic carbocycles. The van der Waals surface area contributed by atoms with Crippen LogP contribution in [0.1, 0.15) is 38.7 Å². The molecule has 1 atom stereocenters. The molecule has 1 unspecified atom stereocenters. The fourth-order valence-corrected chi connectivity index (χ4v) is 3.44. The number of benzene rings is 2. The minimum Gasteiger partial charge on any atom is -0.355 e. The third kappa shape index (κ3) is 5.43. The average molecular weight is 327 g/mol. The smallest absolute Gasteiger partial charge is 0.236 e. The van der Waals surface area contributed by atoms with E-state index in [0.29, 0.717) is 12.5 Å². The van der Waals surface area contributed by atoms with E-state index in [0.717, 1.165) is 11.3 Å². The molecule has 0 saturated heterocycles. The lowest BCUT2D eigenvalue weighted by Gasteiger charge is -2.23. The fraction of sp³-hybridized carbons (Fsp3) is 0.350. The topological polar surface area (TPSA) is 29.1 Å². The van der Waals surface area contributed by atoms with Crippen LogP contribution in [0, 0.1) is 0 Å². The van der Waals surface area contributed by atoms with Gasteiger partial charge in [0, 0.05) is 11.4 Å². The molecule has 0 aliphatic rings. The molecule has 0 fully saturated rings. The highest BCUT2D eigenvalue weighted by atomic mass is 32.2. The Labute approximate surface area is 143 Å². The summed E-state index contributed by atoms with van der Waals surface area (Å²) in [6.07, 6.45) is 0.946. The second-order valence-electron chi connectivity index (χ2n) is 6.28. The van der Waals surface area contributed by atoms with Crippen LogP contribution in [0.3, 0.4) is 0 Å². The molecule has 0 spiro atoms. The molecule has 0 aromatic heterocycles. The van der Waals surface area contributed by atoms with Gasteiger partial charge in [0.25, 0.3) is 0 Å². The number of hydrogen-bond acceptors (Lipinski definition) is 2. The number of carbonyl (C=O) groups is 1. The van der Waals surface area contributed by atoms with E-state index in [2.05, 4.69) is 36.5 Å². The molecule has 0 saturated carbocycles. The molecule has 2 aromatic carbocycles. The fourth-order valence-electron chi connectivity index (χ4n) is 2.39. The van der Waals surface area contributed by atoms with Crippen molar-refractivity contribution in [2.45, 2.75) is 42.8 Å². The molecule has 3 heteroatoms. The van der Waals surface area contributed by atoms with Gasteiger partial charge in [-0.25, -0.2) is 0 Å². The molecule has 2 nitrogen and oxygen atoms in total. The molecule has 122 valence electrons. The van der Waals surface area contributed by atoms with Crippen molar-refractivity contribution in [3.05, 3.63) is 66.2 Å². The summed E-state index contributed by atoms with van der Waals surface area (Å²) in [5, 5.41) is 3.08. The van der Waals surface area contributed by atoms with E-state index in [4.69, 9.17) is 0 Å². The van der Waals surface area contributed by atoms with Gasteiger partial charge in [-0.3, -0.25) is 4.79 Å². The Morgan fingerprint density at radius 2 is 1.61 bits per heavy atom. The van der Waals surface area contributed by atoms with Gasteiger partial charge in [0.2, 0.25) is 5.91 Å². The van der Waals surface area contributed by atoms with E-state index in [1.807, 2.05) is 50.2 Å². The van der Waals surface area contributed by atoms with Crippen LogP contribution in [0.2, 0.25) is 0 Å². The first-order chi connectivity index (χ1) is 11.0. The number of rotatable bonds is 7. The van der Waals surface area contributed by atoms with Gasteiger partial charge in [-0.1, -0.05) is 55.5 Å². The highest BCUT2D eigenvalue weighted by Gasteiger charge is 2.28. The molecule has 2 aromatic rings. The van der Waals surface area contributed by atoms with Gasteiger partial charge in [-0.2, -0.15) is 0 Å². The normalized spacial score (nSPS) is 12.7. The van der Waals surface area contributed by atoms with Crippen LogP contribution in [-0.2, 0) is 4.79 Å². The predicted molar refractivity (Wildman–Crippen MR) is 98.9 cm³/mol. The van der Waals surface area contributed by atoms with Gasteiger partial charge in [0.1, 0.15) is 0 Å². The van der Waals surface area contributed by atoms with Gasteiger partial charge >= 0.3 is 0 Å². The van der Waals surface area contributed by atoms with Crippen LogP contribution in [0.5, 0.6) is 0 Å². The van der Waals surface area contributed by atoms with Crippen molar-refractivity contribution in [2.75, 3.05) is 6.54 Å². The SMILES string of the molecule is CC(CCNC(=O)C(C)(C)Sc1ccccc1)c1ccccc1. The van der Waals surface area contributed by atoms with E-state index < -0.39 is 4.75 Å². The Balaban J connectivity index is 1.82. The largest absolute Gasteiger partial charge is 0.355 e. The zero-order valence-electron chi connectivity index (χ0n) is 14.1.